The van der Waals surface area contributed by atoms with E-state index in [0.717, 1.165) is 27.1 Å². The topological polar surface area (TPSA) is 82.8 Å². The summed E-state index contributed by atoms with van der Waals surface area (Å²) in [5, 5.41) is 4.10. The molecule has 0 saturated heterocycles. The Labute approximate surface area is 108 Å². The number of nitrogens with zero attached hydrogens (tertiary/aromatic N) is 3. The number of fused-ring (bicyclic) bond motifs is 4. The van der Waals surface area contributed by atoms with E-state index in [0.29, 0.717) is 11.5 Å². The van der Waals surface area contributed by atoms with Gasteiger partial charge in [0.25, 0.3) is 0 Å². The van der Waals surface area contributed by atoms with Crippen molar-refractivity contribution in [3.63, 3.8) is 0 Å². The number of nitrogen functional groups attached to an aromatic ring is 2. The van der Waals surface area contributed by atoms with Crippen LogP contribution >= 0.6 is 0 Å². The Morgan fingerprint density at radius 2 is 1.84 bits per heavy atom. The summed E-state index contributed by atoms with van der Waals surface area (Å²) in [6.07, 6.45) is 1.47. The van der Waals surface area contributed by atoms with E-state index in [1.807, 2.05) is 18.2 Å². The minimum Gasteiger partial charge on any atom is -0.383 e. The average Bonchev–Trinajstić information content (AvgIpc) is 2.79. The number of rotatable bonds is 0. The van der Waals surface area contributed by atoms with Gasteiger partial charge in [-0.05, 0) is 17.5 Å². The third-order valence-corrected chi connectivity index (χ3v) is 3.40. The van der Waals surface area contributed by atoms with E-state index in [2.05, 4.69) is 28.2 Å². The van der Waals surface area contributed by atoms with E-state index in [4.69, 9.17) is 11.6 Å². The van der Waals surface area contributed by atoms with E-state index < -0.39 is 0 Å². The molecule has 0 aliphatic carbocycles. The van der Waals surface area contributed by atoms with Crippen LogP contribution < -0.4 is 11.6 Å². The predicted octanol–water partition coefficient (Wildman–Crippen LogP) is 2.03. The van der Waals surface area contributed by atoms with E-state index in [1.54, 1.807) is 0 Å². The van der Waals surface area contributed by atoms with Crippen molar-refractivity contribution in [1.82, 2.24) is 14.6 Å². The number of nitrogens with two attached hydrogens (primary N) is 2. The number of benzene rings is 1. The van der Waals surface area contributed by atoms with Crippen molar-refractivity contribution in [2.75, 3.05) is 11.6 Å². The fraction of sp³-hybridized carbons (Fsp3) is 0. The lowest BCUT2D eigenvalue weighted by atomic mass is 10.2. The van der Waals surface area contributed by atoms with Crippen LogP contribution in [-0.4, -0.2) is 14.6 Å². The summed E-state index contributed by atoms with van der Waals surface area (Å²) < 4.78 is 1.40. The van der Waals surface area contributed by atoms with Crippen LogP contribution in [0.3, 0.4) is 0 Å². The fourth-order valence-electron chi connectivity index (χ4n) is 2.48. The summed E-state index contributed by atoms with van der Waals surface area (Å²) in [7, 11) is 0. The minimum absolute atomic E-state index is 0.441. The maximum atomic E-state index is 5.89. The van der Waals surface area contributed by atoms with Crippen molar-refractivity contribution in [3.8, 4) is 0 Å². The van der Waals surface area contributed by atoms with E-state index in [1.165, 1.54) is 11.0 Å². The second kappa shape index (κ2) is 3.35. The molecule has 4 aromatic rings. The second-order valence-corrected chi connectivity index (χ2v) is 4.57. The third kappa shape index (κ3) is 1.29. The largest absolute Gasteiger partial charge is 0.383 e. The summed E-state index contributed by atoms with van der Waals surface area (Å²) in [4.78, 5) is 8.69. The molecule has 5 nitrogen and oxygen atoms in total. The maximum absolute atomic E-state index is 5.89. The molecule has 0 radical (unpaired) electrons. The summed E-state index contributed by atoms with van der Waals surface area (Å²) >= 11 is 0. The van der Waals surface area contributed by atoms with E-state index in [-0.39, 0.29) is 0 Å². The maximum Gasteiger partial charge on any atom is 0.163 e. The van der Waals surface area contributed by atoms with Crippen molar-refractivity contribution in [3.05, 3.63) is 42.7 Å². The highest BCUT2D eigenvalue weighted by molar-refractivity contribution is 6.12. The molecule has 0 aliphatic heterocycles. The van der Waals surface area contributed by atoms with Crippen LogP contribution in [0.4, 0.5) is 5.82 Å². The molecule has 0 fully saturated rings. The zero-order valence-corrected chi connectivity index (χ0v) is 10.0. The highest BCUT2D eigenvalue weighted by Crippen LogP contribution is 2.30. The molecule has 2 heterocycles. The molecular weight excluding hydrogens is 238 g/mol. The molecule has 0 unspecified atom stereocenters. The van der Waals surface area contributed by atoms with Gasteiger partial charge in [-0.25, -0.2) is 14.6 Å². The molecule has 0 amide bonds. The monoisotopic (exact) mass is 249 g/mol. The molecule has 92 valence electrons. The number of anilines is 1. The van der Waals surface area contributed by atoms with Crippen LogP contribution in [0, 0.1) is 0 Å². The third-order valence-electron chi connectivity index (χ3n) is 3.40. The lowest BCUT2D eigenvalue weighted by Gasteiger charge is -2.06. The van der Waals surface area contributed by atoms with Crippen molar-refractivity contribution in [1.29, 1.82) is 0 Å². The predicted molar refractivity (Wildman–Crippen MR) is 77.1 cm³/mol. The summed E-state index contributed by atoms with van der Waals surface area (Å²) in [6.45, 7) is 0. The van der Waals surface area contributed by atoms with Gasteiger partial charge in [0.15, 0.2) is 5.65 Å². The molecule has 0 atom stereocenters. The van der Waals surface area contributed by atoms with E-state index in [9.17, 15) is 0 Å². The van der Waals surface area contributed by atoms with Gasteiger partial charge >= 0.3 is 0 Å². The van der Waals surface area contributed by atoms with Gasteiger partial charge in [-0.2, -0.15) is 0 Å². The number of hydrogen-bond acceptors (Lipinski definition) is 4. The molecule has 2 aromatic heterocycles. The Hall–Kier alpha value is -2.82. The molecule has 2 aromatic carbocycles. The zero-order chi connectivity index (χ0) is 13.0. The van der Waals surface area contributed by atoms with Gasteiger partial charge in [0, 0.05) is 10.8 Å². The first-order valence-corrected chi connectivity index (χ1v) is 5.94. The van der Waals surface area contributed by atoms with Crippen LogP contribution in [-0.2, 0) is 0 Å². The van der Waals surface area contributed by atoms with Gasteiger partial charge in [0.1, 0.15) is 12.1 Å². The van der Waals surface area contributed by atoms with Crippen LogP contribution in [0.2, 0.25) is 0 Å². The number of pyridine rings is 1. The highest BCUT2D eigenvalue weighted by atomic mass is 15.3. The van der Waals surface area contributed by atoms with Gasteiger partial charge in [-0.3, -0.25) is 0 Å². The molecule has 4 N–H and O–H groups in total. The summed E-state index contributed by atoms with van der Waals surface area (Å²) in [6, 6.07) is 12.2. The summed E-state index contributed by atoms with van der Waals surface area (Å²) in [5.41, 5.74) is 7.46. The standard InChI is InChI=1S/C14H11N5/c15-13-11-6-9-5-8-3-1-2-4-10(8)12(9)18-14(11)19(16)7-17-13/h1-7H,15-16H2. The van der Waals surface area contributed by atoms with Crippen molar-refractivity contribution in [2.45, 2.75) is 0 Å². The molecule has 4 rings (SSSR count). The van der Waals surface area contributed by atoms with E-state index >= 15 is 0 Å². The molecule has 5 heteroatoms. The van der Waals surface area contributed by atoms with Gasteiger partial charge in [0.2, 0.25) is 0 Å². The van der Waals surface area contributed by atoms with Gasteiger partial charge < -0.3 is 11.6 Å². The fourth-order valence-corrected chi connectivity index (χ4v) is 2.48. The SMILES string of the molecule is Nc1ncn(N)c2nc3c(cc4ccccc43)cc12. The first-order valence-electron chi connectivity index (χ1n) is 5.94. The number of hydrogen-bond donors (Lipinski definition) is 2. The number of aromatic nitrogens is 3. The first-order chi connectivity index (χ1) is 9.24. The van der Waals surface area contributed by atoms with Crippen LogP contribution in [0.25, 0.3) is 32.7 Å². The van der Waals surface area contributed by atoms with Gasteiger partial charge in [-0.15, -0.1) is 0 Å². The van der Waals surface area contributed by atoms with Gasteiger partial charge in [0.05, 0.1) is 10.9 Å². The smallest absolute Gasteiger partial charge is 0.163 e. The van der Waals surface area contributed by atoms with Gasteiger partial charge in [-0.1, -0.05) is 24.3 Å². The Bertz CT molecular complexity index is 939. The lowest BCUT2D eigenvalue weighted by molar-refractivity contribution is 0.972. The average molecular weight is 249 g/mol. The van der Waals surface area contributed by atoms with Crippen LogP contribution in [0.15, 0.2) is 42.7 Å². The molecule has 0 spiro atoms. The van der Waals surface area contributed by atoms with Crippen molar-refractivity contribution >= 4 is 38.5 Å². The molecular formula is C14H11N5. The quantitative estimate of drug-likeness (QED) is 0.467. The van der Waals surface area contributed by atoms with Crippen LogP contribution in [0.5, 0.6) is 0 Å². The Morgan fingerprint density at radius 1 is 1.00 bits per heavy atom. The van der Waals surface area contributed by atoms with Crippen molar-refractivity contribution in [2.24, 2.45) is 0 Å². The second-order valence-electron chi connectivity index (χ2n) is 4.57. The normalized spacial score (nSPS) is 11.6. The summed E-state index contributed by atoms with van der Waals surface area (Å²) in [5.74, 6) is 6.31. The first kappa shape index (κ1) is 10.1. The lowest BCUT2D eigenvalue weighted by Crippen LogP contribution is -2.13. The minimum atomic E-state index is 0.441. The zero-order valence-electron chi connectivity index (χ0n) is 10.0. The Morgan fingerprint density at radius 3 is 2.74 bits per heavy atom. The molecule has 0 aliphatic rings. The molecule has 19 heavy (non-hydrogen) atoms. The highest BCUT2D eigenvalue weighted by Gasteiger charge is 2.10. The Kier molecular flexibility index (Phi) is 1.79. The molecule has 0 saturated carbocycles. The van der Waals surface area contributed by atoms with Crippen molar-refractivity contribution < 1.29 is 0 Å². The van der Waals surface area contributed by atoms with Crippen LogP contribution in [0.1, 0.15) is 0 Å². The Balaban J connectivity index is 2.28. The molecule has 0 bridgehead atoms.